The van der Waals surface area contributed by atoms with Crippen molar-refractivity contribution in [3.8, 4) is 0 Å². The molecule has 1 aliphatic rings. The topological polar surface area (TPSA) is 60.4 Å². The Hall–Kier alpha value is -0.850. The number of hydrogen-bond acceptors (Lipinski definition) is 5. The third kappa shape index (κ3) is 3.31. The molecule has 1 saturated heterocycles. The van der Waals surface area contributed by atoms with Crippen LogP contribution in [0.5, 0.6) is 0 Å². The van der Waals surface area contributed by atoms with E-state index in [1.807, 2.05) is 12.1 Å². The number of piperazine rings is 1. The lowest BCUT2D eigenvalue weighted by atomic mass is 10.3. The Morgan fingerprint density at radius 2 is 2.18 bits per heavy atom. The molecule has 0 bridgehead atoms. The standard InChI is InChI=1S/C11H17BrN4O/c12-10-2-1-9(14-5-8-17)11(15-10)16-6-3-13-4-7-16/h1-2,13-14,17H,3-8H2. The average Bonchev–Trinajstić information content (AvgIpc) is 2.38. The van der Waals surface area contributed by atoms with E-state index in [9.17, 15) is 0 Å². The first-order chi connectivity index (χ1) is 8.31. The summed E-state index contributed by atoms with van der Waals surface area (Å²) in [6.45, 7) is 4.54. The molecule has 0 radical (unpaired) electrons. The number of rotatable bonds is 4. The lowest BCUT2D eigenvalue weighted by Crippen LogP contribution is -2.44. The molecule has 0 amide bonds. The highest BCUT2D eigenvalue weighted by molar-refractivity contribution is 9.10. The molecular weight excluding hydrogens is 284 g/mol. The Bertz CT molecular complexity index is 368. The van der Waals surface area contributed by atoms with Gasteiger partial charge in [0.2, 0.25) is 0 Å². The predicted octanol–water partition coefficient (Wildman–Crippen LogP) is 0.658. The number of halogens is 1. The molecule has 0 atom stereocenters. The summed E-state index contributed by atoms with van der Waals surface area (Å²) in [5, 5.41) is 15.4. The van der Waals surface area contributed by atoms with Crippen molar-refractivity contribution < 1.29 is 5.11 Å². The van der Waals surface area contributed by atoms with E-state index in [4.69, 9.17) is 5.11 Å². The molecule has 17 heavy (non-hydrogen) atoms. The summed E-state index contributed by atoms with van der Waals surface area (Å²) in [5.41, 5.74) is 0.976. The van der Waals surface area contributed by atoms with Gasteiger partial charge in [-0.3, -0.25) is 0 Å². The normalized spacial score (nSPS) is 16.0. The molecule has 0 aromatic carbocycles. The second-order valence-electron chi connectivity index (χ2n) is 3.89. The molecular formula is C11H17BrN4O. The van der Waals surface area contributed by atoms with Crippen molar-refractivity contribution in [2.45, 2.75) is 0 Å². The minimum absolute atomic E-state index is 0.122. The van der Waals surface area contributed by atoms with Crippen LogP contribution < -0.4 is 15.5 Å². The number of nitrogens with zero attached hydrogens (tertiary/aromatic N) is 2. The van der Waals surface area contributed by atoms with E-state index in [-0.39, 0.29) is 6.61 Å². The van der Waals surface area contributed by atoms with Crippen molar-refractivity contribution in [1.29, 1.82) is 0 Å². The fraction of sp³-hybridized carbons (Fsp3) is 0.545. The molecule has 1 aromatic heterocycles. The third-order valence-electron chi connectivity index (χ3n) is 2.68. The summed E-state index contributed by atoms with van der Waals surface area (Å²) < 4.78 is 0.834. The maximum Gasteiger partial charge on any atom is 0.153 e. The molecule has 6 heteroatoms. The van der Waals surface area contributed by atoms with Gasteiger partial charge in [-0.15, -0.1) is 0 Å². The largest absolute Gasteiger partial charge is 0.395 e. The molecule has 1 aliphatic heterocycles. The average molecular weight is 301 g/mol. The lowest BCUT2D eigenvalue weighted by Gasteiger charge is -2.30. The van der Waals surface area contributed by atoms with Gasteiger partial charge in [-0.05, 0) is 28.1 Å². The van der Waals surface area contributed by atoms with Crippen LogP contribution in [0.1, 0.15) is 0 Å². The number of aromatic nitrogens is 1. The van der Waals surface area contributed by atoms with Gasteiger partial charge in [0.1, 0.15) is 4.60 Å². The number of anilines is 2. The highest BCUT2D eigenvalue weighted by Gasteiger charge is 2.15. The molecule has 94 valence electrons. The number of aliphatic hydroxyl groups excluding tert-OH is 1. The zero-order chi connectivity index (χ0) is 12.1. The summed E-state index contributed by atoms with van der Waals surface area (Å²) in [6, 6.07) is 3.90. The maximum absolute atomic E-state index is 8.87. The number of aliphatic hydroxyl groups is 1. The summed E-state index contributed by atoms with van der Waals surface area (Å²) in [5.74, 6) is 0.953. The number of nitrogens with one attached hydrogen (secondary N) is 2. The van der Waals surface area contributed by atoms with Crippen LogP contribution in [-0.2, 0) is 0 Å². The van der Waals surface area contributed by atoms with Crippen LogP contribution in [-0.4, -0.2) is 49.4 Å². The van der Waals surface area contributed by atoms with Crippen LogP contribution in [0.3, 0.4) is 0 Å². The Labute approximate surface area is 109 Å². The van der Waals surface area contributed by atoms with Gasteiger partial charge in [0, 0.05) is 32.7 Å². The first-order valence-corrected chi connectivity index (χ1v) is 6.57. The predicted molar refractivity (Wildman–Crippen MR) is 72.6 cm³/mol. The van der Waals surface area contributed by atoms with Gasteiger partial charge in [0.25, 0.3) is 0 Å². The van der Waals surface area contributed by atoms with Crippen LogP contribution in [0.15, 0.2) is 16.7 Å². The Morgan fingerprint density at radius 1 is 1.41 bits per heavy atom. The summed E-state index contributed by atoms with van der Waals surface area (Å²) in [7, 11) is 0. The van der Waals surface area contributed by atoms with Gasteiger partial charge < -0.3 is 20.6 Å². The Morgan fingerprint density at radius 3 is 2.88 bits per heavy atom. The minimum atomic E-state index is 0.122. The van der Waals surface area contributed by atoms with Crippen LogP contribution >= 0.6 is 15.9 Å². The maximum atomic E-state index is 8.87. The van der Waals surface area contributed by atoms with Gasteiger partial charge in [-0.1, -0.05) is 0 Å². The van der Waals surface area contributed by atoms with Crippen LogP contribution in [0.4, 0.5) is 11.5 Å². The van der Waals surface area contributed by atoms with Crippen molar-refractivity contribution in [1.82, 2.24) is 10.3 Å². The van der Waals surface area contributed by atoms with Gasteiger partial charge >= 0.3 is 0 Å². The lowest BCUT2D eigenvalue weighted by molar-refractivity contribution is 0.311. The Kier molecular flexibility index (Phi) is 4.58. The number of hydrogen-bond donors (Lipinski definition) is 3. The fourth-order valence-corrected chi connectivity index (χ4v) is 2.17. The van der Waals surface area contributed by atoms with Gasteiger partial charge in [0.05, 0.1) is 12.3 Å². The van der Waals surface area contributed by atoms with Crippen LogP contribution in [0.25, 0.3) is 0 Å². The van der Waals surface area contributed by atoms with E-state index in [0.717, 1.165) is 42.3 Å². The monoisotopic (exact) mass is 300 g/mol. The summed E-state index contributed by atoms with van der Waals surface area (Å²) in [6.07, 6.45) is 0. The van der Waals surface area contributed by atoms with E-state index in [1.54, 1.807) is 0 Å². The molecule has 5 nitrogen and oxygen atoms in total. The molecule has 1 aromatic rings. The second-order valence-corrected chi connectivity index (χ2v) is 4.71. The zero-order valence-corrected chi connectivity index (χ0v) is 11.2. The third-order valence-corrected chi connectivity index (χ3v) is 3.13. The van der Waals surface area contributed by atoms with E-state index in [2.05, 4.69) is 36.4 Å². The highest BCUT2D eigenvalue weighted by atomic mass is 79.9. The first kappa shape index (κ1) is 12.6. The minimum Gasteiger partial charge on any atom is -0.395 e. The molecule has 0 unspecified atom stereocenters. The highest BCUT2D eigenvalue weighted by Crippen LogP contribution is 2.25. The van der Waals surface area contributed by atoms with Gasteiger partial charge in [-0.2, -0.15) is 0 Å². The van der Waals surface area contributed by atoms with E-state index in [1.165, 1.54) is 0 Å². The van der Waals surface area contributed by atoms with E-state index < -0.39 is 0 Å². The van der Waals surface area contributed by atoms with Crippen molar-refractivity contribution in [2.24, 2.45) is 0 Å². The Balaban J connectivity index is 2.19. The number of pyridine rings is 1. The van der Waals surface area contributed by atoms with Gasteiger partial charge in [-0.25, -0.2) is 4.98 Å². The van der Waals surface area contributed by atoms with Crippen molar-refractivity contribution >= 4 is 27.4 Å². The van der Waals surface area contributed by atoms with E-state index >= 15 is 0 Å². The molecule has 0 aliphatic carbocycles. The van der Waals surface area contributed by atoms with Crippen LogP contribution in [0.2, 0.25) is 0 Å². The van der Waals surface area contributed by atoms with E-state index in [0.29, 0.717) is 6.54 Å². The first-order valence-electron chi connectivity index (χ1n) is 5.78. The molecule has 2 rings (SSSR count). The van der Waals surface area contributed by atoms with Crippen LogP contribution in [0, 0.1) is 0 Å². The summed E-state index contributed by atoms with van der Waals surface area (Å²) >= 11 is 3.40. The summed E-state index contributed by atoms with van der Waals surface area (Å²) in [4.78, 5) is 6.77. The quantitative estimate of drug-likeness (QED) is 0.713. The van der Waals surface area contributed by atoms with Crippen molar-refractivity contribution in [3.05, 3.63) is 16.7 Å². The zero-order valence-electron chi connectivity index (χ0n) is 9.62. The van der Waals surface area contributed by atoms with Crippen molar-refractivity contribution in [3.63, 3.8) is 0 Å². The molecule has 3 N–H and O–H groups in total. The van der Waals surface area contributed by atoms with Crippen molar-refractivity contribution in [2.75, 3.05) is 49.5 Å². The second kappa shape index (κ2) is 6.18. The smallest absolute Gasteiger partial charge is 0.153 e. The molecule has 0 spiro atoms. The SMILES string of the molecule is OCCNc1ccc(Br)nc1N1CCNCC1. The van der Waals surface area contributed by atoms with Gasteiger partial charge in [0.15, 0.2) is 5.82 Å². The molecule has 0 saturated carbocycles. The molecule has 2 heterocycles. The molecule has 1 fully saturated rings. The fourth-order valence-electron chi connectivity index (χ4n) is 1.87.